The Morgan fingerprint density at radius 1 is 1.08 bits per heavy atom. The number of halogens is 2. The van der Waals surface area contributed by atoms with Gasteiger partial charge in [-0.15, -0.1) is 0 Å². The van der Waals surface area contributed by atoms with Gasteiger partial charge in [-0.05, 0) is 31.2 Å². The van der Waals surface area contributed by atoms with Crippen LogP contribution in [-0.2, 0) is 0 Å². The van der Waals surface area contributed by atoms with Crippen LogP contribution in [0.3, 0.4) is 0 Å². The Morgan fingerprint density at radius 3 is 2.67 bits per heavy atom. The highest BCUT2D eigenvalue weighted by atomic mass is 19.1. The highest BCUT2D eigenvalue weighted by molar-refractivity contribution is 5.67. The highest BCUT2D eigenvalue weighted by Crippen LogP contribution is 2.24. The van der Waals surface area contributed by atoms with Crippen molar-refractivity contribution in [3.05, 3.63) is 60.4 Å². The van der Waals surface area contributed by atoms with Gasteiger partial charge in [-0.25, -0.2) is 13.8 Å². The number of benzene rings is 1. The lowest BCUT2D eigenvalue weighted by atomic mass is 10.2. The fraction of sp³-hybridized carbons (Fsp3) is 0.118. The van der Waals surface area contributed by atoms with E-state index in [-0.39, 0.29) is 5.69 Å². The van der Waals surface area contributed by atoms with E-state index in [9.17, 15) is 8.78 Å². The number of hydrogen-bond acceptors (Lipinski definition) is 5. The molecule has 1 aromatic carbocycles. The van der Waals surface area contributed by atoms with E-state index in [0.717, 1.165) is 11.6 Å². The van der Waals surface area contributed by atoms with Gasteiger partial charge < -0.3 is 10.6 Å². The topological polar surface area (TPSA) is 62.7 Å². The van der Waals surface area contributed by atoms with Crippen LogP contribution < -0.4 is 10.6 Å². The Bertz CT molecular complexity index is 840. The number of rotatable bonds is 5. The van der Waals surface area contributed by atoms with Crippen molar-refractivity contribution in [1.29, 1.82) is 0 Å². The van der Waals surface area contributed by atoms with Crippen molar-refractivity contribution in [1.82, 2.24) is 15.0 Å². The monoisotopic (exact) mass is 327 g/mol. The summed E-state index contributed by atoms with van der Waals surface area (Å²) in [5.74, 6) is -0.527. The first-order chi connectivity index (χ1) is 11.7. The van der Waals surface area contributed by atoms with Crippen LogP contribution in [0.15, 0.2) is 48.8 Å². The van der Waals surface area contributed by atoms with Gasteiger partial charge in [0.15, 0.2) is 0 Å². The molecule has 3 rings (SSSR count). The molecule has 0 aliphatic carbocycles. The number of pyridine rings is 1. The van der Waals surface area contributed by atoms with Crippen LogP contribution in [0.5, 0.6) is 0 Å². The van der Waals surface area contributed by atoms with Gasteiger partial charge in [-0.3, -0.25) is 4.98 Å². The Morgan fingerprint density at radius 2 is 1.96 bits per heavy atom. The molecule has 0 radical (unpaired) electrons. The van der Waals surface area contributed by atoms with Gasteiger partial charge in [0.05, 0.1) is 11.4 Å². The van der Waals surface area contributed by atoms with Gasteiger partial charge >= 0.3 is 0 Å². The molecule has 0 atom stereocenters. The predicted molar refractivity (Wildman–Crippen MR) is 89.1 cm³/mol. The summed E-state index contributed by atoms with van der Waals surface area (Å²) in [7, 11) is 0. The maximum Gasteiger partial charge on any atom is 0.225 e. The summed E-state index contributed by atoms with van der Waals surface area (Å²) in [4.78, 5) is 12.8. The molecule has 122 valence electrons. The molecule has 0 spiro atoms. The molecule has 5 nitrogen and oxygen atoms in total. The molecule has 0 bridgehead atoms. The molecular weight excluding hydrogens is 312 g/mol. The van der Waals surface area contributed by atoms with E-state index >= 15 is 0 Å². The van der Waals surface area contributed by atoms with E-state index in [4.69, 9.17) is 0 Å². The molecule has 0 saturated heterocycles. The third kappa shape index (κ3) is 3.62. The van der Waals surface area contributed by atoms with E-state index in [1.807, 2.05) is 13.0 Å². The molecule has 2 N–H and O–H groups in total. The van der Waals surface area contributed by atoms with E-state index < -0.39 is 11.6 Å². The fourth-order valence-electron chi connectivity index (χ4n) is 2.14. The Balaban J connectivity index is 1.99. The smallest absolute Gasteiger partial charge is 0.225 e. The molecule has 7 heteroatoms. The molecule has 2 aromatic heterocycles. The lowest BCUT2D eigenvalue weighted by Gasteiger charge is -2.11. The Hall–Kier alpha value is -3.09. The first kappa shape index (κ1) is 15.8. The summed E-state index contributed by atoms with van der Waals surface area (Å²) in [6.07, 6.45) is 3.35. The van der Waals surface area contributed by atoms with Crippen LogP contribution in [0.4, 0.5) is 26.2 Å². The minimum Gasteiger partial charge on any atom is -0.354 e. The van der Waals surface area contributed by atoms with E-state index in [1.165, 1.54) is 12.1 Å². The zero-order valence-electron chi connectivity index (χ0n) is 12.9. The standard InChI is InChI=1S/C17H15F2N5/c1-2-21-17-23-15(11-4-3-7-20-10-11)9-16(24-17)22-14-6-5-12(18)8-13(14)19/h3-10H,2H2,1H3,(H2,21,22,23,24). The number of anilines is 3. The number of nitrogens with zero attached hydrogens (tertiary/aromatic N) is 3. The minimum absolute atomic E-state index is 0.134. The zero-order valence-corrected chi connectivity index (χ0v) is 12.9. The predicted octanol–water partition coefficient (Wildman–Crippen LogP) is 3.99. The lowest BCUT2D eigenvalue weighted by molar-refractivity contribution is 0.586. The molecule has 3 aromatic rings. The van der Waals surface area contributed by atoms with E-state index in [1.54, 1.807) is 24.5 Å². The molecule has 0 aliphatic rings. The SMILES string of the molecule is CCNc1nc(Nc2ccc(F)cc2F)cc(-c2cccnc2)n1. The van der Waals surface area contributed by atoms with Crippen LogP contribution in [0.2, 0.25) is 0 Å². The summed E-state index contributed by atoms with van der Waals surface area (Å²) < 4.78 is 26.9. The normalized spacial score (nSPS) is 10.5. The van der Waals surface area contributed by atoms with Gasteiger partial charge in [-0.1, -0.05) is 0 Å². The highest BCUT2D eigenvalue weighted by Gasteiger charge is 2.09. The van der Waals surface area contributed by atoms with Crippen molar-refractivity contribution < 1.29 is 8.78 Å². The maximum atomic E-state index is 13.8. The first-order valence-corrected chi connectivity index (χ1v) is 7.41. The summed E-state index contributed by atoms with van der Waals surface area (Å²) in [5.41, 5.74) is 1.58. The second-order valence-corrected chi connectivity index (χ2v) is 4.98. The second-order valence-electron chi connectivity index (χ2n) is 4.98. The third-order valence-corrected chi connectivity index (χ3v) is 3.21. The quantitative estimate of drug-likeness (QED) is 0.742. The molecule has 0 aliphatic heterocycles. The van der Waals surface area contributed by atoms with Crippen LogP contribution in [0, 0.1) is 11.6 Å². The average Bonchev–Trinajstić information content (AvgIpc) is 2.58. The van der Waals surface area contributed by atoms with Crippen LogP contribution in [0.25, 0.3) is 11.3 Å². The van der Waals surface area contributed by atoms with Crippen molar-refractivity contribution in [2.24, 2.45) is 0 Å². The summed E-state index contributed by atoms with van der Waals surface area (Å²) in [5, 5.41) is 5.89. The van der Waals surface area contributed by atoms with Crippen molar-refractivity contribution in [2.45, 2.75) is 6.92 Å². The van der Waals surface area contributed by atoms with Crippen molar-refractivity contribution in [2.75, 3.05) is 17.2 Å². The molecule has 0 amide bonds. The largest absolute Gasteiger partial charge is 0.354 e. The summed E-state index contributed by atoms with van der Waals surface area (Å²) in [6, 6.07) is 8.67. The number of hydrogen-bond donors (Lipinski definition) is 2. The van der Waals surface area contributed by atoms with Crippen molar-refractivity contribution in [3.63, 3.8) is 0 Å². The van der Waals surface area contributed by atoms with E-state index in [0.29, 0.717) is 24.0 Å². The molecule has 0 unspecified atom stereocenters. The summed E-state index contributed by atoms with van der Waals surface area (Å²) in [6.45, 7) is 2.56. The Kier molecular flexibility index (Phi) is 4.60. The van der Waals surface area contributed by atoms with Crippen LogP contribution in [0.1, 0.15) is 6.92 Å². The Labute approximate surface area is 137 Å². The summed E-state index contributed by atoms with van der Waals surface area (Å²) >= 11 is 0. The average molecular weight is 327 g/mol. The van der Waals surface area contributed by atoms with Gasteiger partial charge in [0.25, 0.3) is 0 Å². The van der Waals surface area contributed by atoms with E-state index in [2.05, 4.69) is 25.6 Å². The van der Waals surface area contributed by atoms with Crippen molar-refractivity contribution >= 4 is 17.5 Å². The number of aromatic nitrogens is 3. The van der Waals surface area contributed by atoms with Crippen LogP contribution in [-0.4, -0.2) is 21.5 Å². The molecule has 0 saturated carbocycles. The number of nitrogens with one attached hydrogen (secondary N) is 2. The van der Waals surface area contributed by atoms with Gasteiger partial charge in [0, 0.05) is 36.6 Å². The third-order valence-electron chi connectivity index (χ3n) is 3.21. The molecule has 0 fully saturated rings. The van der Waals surface area contributed by atoms with Gasteiger partial charge in [0.1, 0.15) is 17.5 Å². The molecular formula is C17H15F2N5. The molecule has 2 heterocycles. The second kappa shape index (κ2) is 6.99. The van der Waals surface area contributed by atoms with Crippen LogP contribution >= 0.6 is 0 Å². The van der Waals surface area contributed by atoms with Gasteiger partial charge in [0.2, 0.25) is 5.95 Å². The zero-order chi connectivity index (χ0) is 16.9. The molecule has 24 heavy (non-hydrogen) atoms. The maximum absolute atomic E-state index is 13.8. The van der Waals surface area contributed by atoms with Gasteiger partial charge in [-0.2, -0.15) is 4.98 Å². The minimum atomic E-state index is -0.693. The first-order valence-electron chi connectivity index (χ1n) is 7.41. The lowest BCUT2D eigenvalue weighted by Crippen LogP contribution is -2.06. The van der Waals surface area contributed by atoms with Crippen molar-refractivity contribution in [3.8, 4) is 11.3 Å². The fourth-order valence-corrected chi connectivity index (χ4v) is 2.14.